The van der Waals surface area contributed by atoms with Crippen molar-refractivity contribution in [1.82, 2.24) is 4.90 Å². The maximum atomic E-state index is 15.7. The molecule has 332 valence electrons. The van der Waals surface area contributed by atoms with Crippen LogP contribution in [-0.2, 0) is 29.3 Å². The number of esters is 1. The minimum absolute atomic E-state index is 0.0325. The summed E-state index contributed by atoms with van der Waals surface area (Å²) < 4.78 is 23.8. The summed E-state index contributed by atoms with van der Waals surface area (Å²) in [4.78, 5) is 51.0. The second-order valence-electron chi connectivity index (χ2n) is 16.7. The van der Waals surface area contributed by atoms with E-state index in [1.165, 1.54) is 0 Å². The highest BCUT2D eigenvalue weighted by Crippen LogP contribution is 2.65. The third-order valence-corrected chi connectivity index (χ3v) is 13.1. The normalized spacial score (nSPS) is 23.2. The van der Waals surface area contributed by atoms with E-state index >= 15 is 14.4 Å². The monoisotopic (exact) mass is 880 g/mol. The first-order valence-electron chi connectivity index (χ1n) is 22.1. The average molecular weight is 881 g/mol. The van der Waals surface area contributed by atoms with Crippen LogP contribution in [0.1, 0.15) is 51.6 Å². The number of rotatable bonds is 10. The van der Waals surface area contributed by atoms with E-state index < -0.39 is 53.3 Å². The molecule has 0 aromatic heterocycles. The number of methoxy groups -OCH3 is 1. The maximum Gasteiger partial charge on any atom is 0.324 e. The number of hydrogen-bond donors (Lipinski definition) is 3. The number of amides is 2. The largest absolute Gasteiger partial charge is 0.497 e. The number of aliphatic hydroxyl groups is 1. The van der Waals surface area contributed by atoms with Crippen molar-refractivity contribution < 1.29 is 38.4 Å². The number of carbonyl (C=O) groups excluding carboxylic acids is 3. The predicted molar refractivity (Wildman–Crippen MR) is 249 cm³/mol. The van der Waals surface area contributed by atoms with Crippen LogP contribution in [0.2, 0.25) is 0 Å². The third-order valence-electron chi connectivity index (χ3n) is 13.1. The van der Waals surface area contributed by atoms with Crippen LogP contribution in [0.3, 0.4) is 0 Å². The number of nitrogens with one attached hydrogen (secondary N) is 2. The first kappa shape index (κ1) is 42.5. The summed E-state index contributed by atoms with van der Waals surface area (Å²) in [6.45, 7) is 2.44. The molecular weight excluding hydrogens is 833 g/mol. The Labute approximate surface area is 383 Å². The Morgan fingerprint density at radius 1 is 0.803 bits per heavy atom. The van der Waals surface area contributed by atoms with Gasteiger partial charge in [-0.25, -0.2) is 0 Å². The van der Waals surface area contributed by atoms with Crippen LogP contribution in [0, 0.1) is 17.8 Å². The Kier molecular flexibility index (Phi) is 11.7. The fourth-order valence-electron chi connectivity index (χ4n) is 10.3. The van der Waals surface area contributed by atoms with Gasteiger partial charge in [0.1, 0.15) is 35.7 Å². The number of anilines is 3. The molecule has 3 saturated heterocycles. The number of ether oxygens (including phenoxy) is 4. The number of para-hydroxylation sites is 1. The van der Waals surface area contributed by atoms with Gasteiger partial charge in [-0.05, 0) is 89.5 Å². The van der Waals surface area contributed by atoms with Gasteiger partial charge in [-0.2, -0.15) is 0 Å². The summed E-state index contributed by atoms with van der Waals surface area (Å²) in [6.07, 6.45) is -0.845. The van der Waals surface area contributed by atoms with Crippen molar-refractivity contribution in [2.75, 3.05) is 62.2 Å². The number of carbonyl (C=O) groups is 3. The van der Waals surface area contributed by atoms with Gasteiger partial charge in [0.05, 0.1) is 44.9 Å². The molecule has 0 bridgehead atoms. The smallest absolute Gasteiger partial charge is 0.324 e. The molecule has 1 spiro atoms. The molecule has 10 rings (SSSR count). The second-order valence-corrected chi connectivity index (χ2v) is 16.7. The second kappa shape index (κ2) is 18.2. The number of morpholine rings is 2. The van der Waals surface area contributed by atoms with E-state index in [0.717, 1.165) is 35.5 Å². The zero-order valence-electron chi connectivity index (χ0n) is 36.3. The molecule has 4 aliphatic rings. The van der Waals surface area contributed by atoms with Gasteiger partial charge in [-0.3, -0.25) is 19.3 Å². The summed E-state index contributed by atoms with van der Waals surface area (Å²) in [5.74, 6) is 4.62. The summed E-state index contributed by atoms with van der Waals surface area (Å²) in [6, 6.07) is 44.1. The lowest BCUT2D eigenvalue weighted by atomic mass is 9.65. The van der Waals surface area contributed by atoms with E-state index in [4.69, 9.17) is 18.9 Å². The van der Waals surface area contributed by atoms with Crippen molar-refractivity contribution >= 4 is 34.8 Å². The number of hydrogen-bond acceptors (Lipinski definition) is 10. The highest BCUT2D eigenvalue weighted by Gasteiger charge is 2.74. The van der Waals surface area contributed by atoms with E-state index in [-0.39, 0.29) is 13.2 Å². The van der Waals surface area contributed by atoms with Gasteiger partial charge in [0.25, 0.3) is 0 Å². The van der Waals surface area contributed by atoms with Crippen molar-refractivity contribution in [3.05, 3.63) is 185 Å². The van der Waals surface area contributed by atoms with Crippen LogP contribution < -0.4 is 25.0 Å². The number of aliphatic hydroxyl groups excluding tert-OH is 1. The fourth-order valence-corrected chi connectivity index (χ4v) is 10.3. The Bertz CT molecular complexity index is 2810. The SMILES string of the molecule is COc1ccc(C#Cc2ccc3c(c2)C2(C(=O)N3)C(C(=O)Nc3ccc(N4CCOCC4)cc3)C3C(=O)OC(c4ccccc4)C(c4ccccc4)N3C2c2ccccc2OCCO)cc1. The lowest BCUT2D eigenvalue weighted by Crippen LogP contribution is -2.53. The Hall–Kier alpha value is -7.43. The number of nitrogens with zero attached hydrogens (tertiary/aromatic N) is 2. The zero-order valence-corrected chi connectivity index (χ0v) is 36.3. The van der Waals surface area contributed by atoms with Crippen LogP contribution in [0.15, 0.2) is 152 Å². The van der Waals surface area contributed by atoms with Gasteiger partial charge < -0.3 is 39.6 Å². The summed E-state index contributed by atoms with van der Waals surface area (Å²) >= 11 is 0. The molecule has 0 radical (unpaired) electrons. The molecule has 0 saturated carbocycles. The topological polar surface area (TPSA) is 139 Å². The molecule has 6 aromatic rings. The van der Waals surface area contributed by atoms with Crippen molar-refractivity contribution in [3.8, 4) is 23.3 Å². The molecule has 3 fully saturated rings. The van der Waals surface area contributed by atoms with E-state index in [1.807, 2.05) is 150 Å². The number of cyclic esters (lactones) is 1. The van der Waals surface area contributed by atoms with E-state index in [1.54, 1.807) is 13.2 Å². The summed E-state index contributed by atoms with van der Waals surface area (Å²) in [5.41, 5.74) is 4.16. The standard InChI is InChI=1S/C54H48N4O8/c1-63-41-25-18-35(19-26-41)16-17-36-20-27-44-43(34-36)54(53(62)56-44)46(51(60)55-39-21-23-40(24-22-39)57-28-31-64-32-29-57)48-52(61)66-49(38-12-6-3-7-13-38)47(37-10-4-2-5-11-37)58(48)50(54)42-14-8-9-15-45(42)65-33-30-59/h2-15,18-27,34,46-50,59H,28-33H2,1H3,(H,55,60)(H,56,62). The van der Waals surface area contributed by atoms with E-state index in [2.05, 4.69) is 27.4 Å². The molecule has 3 N–H and O–H groups in total. The van der Waals surface area contributed by atoms with Gasteiger partial charge in [0, 0.05) is 46.8 Å². The van der Waals surface area contributed by atoms with Gasteiger partial charge in [0.2, 0.25) is 11.8 Å². The lowest BCUT2D eigenvalue weighted by Gasteiger charge is -2.46. The molecule has 12 heteroatoms. The first-order chi connectivity index (χ1) is 32.4. The molecule has 6 aromatic carbocycles. The maximum absolute atomic E-state index is 15.7. The van der Waals surface area contributed by atoms with Crippen molar-refractivity contribution in [2.45, 2.75) is 29.6 Å². The van der Waals surface area contributed by atoms with Crippen molar-refractivity contribution in [3.63, 3.8) is 0 Å². The Balaban J connectivity index is 1.20. The quantitative estimate of drug-likeness (QED) is 0.0956. The number of fused-ring (bicyclic) bond motifs is 3. The predicted octanol–water partition coefficient (Wildman–Crippen LogP) is 7.21. The molecule has 66 heavy (non-hydrogen) atoms. The van der Waals surface area contributed by atoms with Gasteiger partial charge in [0.15, 0.2) is 0 Å². The lowest BCUT2D eigenvalue weighted by molar-refractivity contribution is -0.177. The van der Waals surface area contributed by atoms with Crippen LogP contribution in [0.4, 0.5) is 17.1 Å². The third kappa shape index (κ3) is 7.60. The van der Waals surface area contributed by atoms with Crippen LogP contribution in [0.25, 0.3) is 0 Å². The molecule has 2 amide bonds. The highest BCUT2D eigenvalue weighted by molar-refractivity contribution is 6.13. The fraction of sp³-hybridized carbons (Fsp3) is 0.241. The Morgan fingerprint density at radius 2 is 1.47 bits per heavy atom. The molecule has 4 aliphatic heterocycles. The minimum Gasteiger partial charge on any atom is -0.497 e. The first-order valence-corrected chi connectivity index (χ1v) is 22.1. The van der Waals surface area contributed by atoms with Gasteiger partial charge in [-0.15, -0.1) is 0 Å². The number of benzene rings is 6. The molecule has 6 unspecified atom stereocenters. The van der Waals surface area contributed by atoms with Gasteiger partial charge >= 0.3 is 5.97 Å². The van der Waals surface area contributed by atoms with Crippen LogP contribution in [-0.4, -0.2) is 80.5 Å². The zero-order chi connectivity index (χ0) is 45.2. The molecule has 4 heterocycles. The Morgan fingerprint density at radius 3 is 2.18 bits per heavy atom. The molecule has 6 atom stereocenters. The minimum atomic E-state index is -1.79. The summed E-state index contributed by atoms with van der Waals surface area (Å²) in [7, 11) is 1.61. The van der Waals surface area contributed by atoms with Gasteiger partial charge in [-0.1, -0.05) is 90.7 Å². The molecule has 12 nitrogen and oxygen atoms in total. The molecular formula is C54H48N4O8. The molecule has 0 aliphatic carbocycles. The highest BCUT2D eigenvalue weighted by atomic mass is 16.6. The van der Waals surface area contributed by atoms with E-state index in [0.29, 0.717) is 52.8 Å². The summed E-state index contributed by atoms with van der Waals surface area (Å²) in [5, 5.41) is 16.4. The van der Waals surface area contributed by atoms with Crippen LogP contribution >= 0.6 is 0 Å². The average Bonchev–Trinajstić information content (AvgIpc) is 3.84. The van der Waals surface area contributed by atoms with Crippen molar-refractivity contribution in [2.24, 2.45) is 5.92 Å². The van der Waals surface area contributed by atoms with Crippen LogP contribution in [0.5, 0.6) is 11.5 Å². The van der Waals surface area contributed by atoms with E-state index in [9.17, 15) is 5.11 Å². The van der Waals surface area contributed by atoms with Crippen molar-refractivity contribution in [1.29, 1.82) is 0 Å².